The lowest BCUT2D eigenvalue weighted by atomic mass is 9.97. The Balaban J connectivity index is 2.49. The summed E-state index contributed by atoms with van der Waals surface area (Å²) < 4.78 is 0. The molecular formula is C15H18ClN3. The van der Waals surface area contributed by atoms with Crippen molar-refractivity contribution in [2.24, 2.45) is 0 Å². The second-order valence-corrected chi connectivity index (χ2v) is 5.16. The van der Waals surface area contributed by atoms with Crippen LogP contribution in [0.25, 0.3) is 0 Å². The predicted molar refractivity (Wildman–Crippen MR) is 78.6 cm³/mol. The number of benzene rings is 1. The largest absolute Gasteiger partial charge is 0.309 e. The lowest BCUT2D eigenvalue weighted by molar-refractivity contribution is 0.675. The van der Waals surface area contributed by atoms with Crippen molar-refractivity contribution in [2.45, 2.75) is 26.8 Å². The molecule has 2 rings (SSSR count). The standard InChI is InChI=1S/C15H18ClN3/c1-9-5-6-12(8-14(9)16)15(17-4)13-7-10(2)18-19-11(13)3/h5-8,15,17H,1-4H3. The van der Waals surface area contributed by atoms with E-state index in [1.165, 1.54) is 0 Å². The lowest BCUT2D eigenvalue weighted by Crippen LogP contribution is -2.19. The van der Waals surface area contributed by atoms with Gasteiger partial charge in [0.2, 0.25) is 0 Å². The average Bonchev–Trinajstić information content (AvgIpc) is 2.38. The Morgan fingerprint density at radius 3 is 2.47 bits per heavy atom. The van der Waals surface area contributed by atoms with Gasteiger partial charge in [-0.3, -0.25) is 0 Å². The molecule has 0 aliphatic rings. The minimum absolute atomic E-state index is 0.0762. The Bertz CT molecular complexity index is 596. The highest BCUT2D eigenvalue weighted by Crippen LogP contribution is 2.27. The van der Waals surface area contributed by atoms with Crippen LogP contribution in [0, 0.1) is 20.8 Å². The van der Waals surface area contributed by atoms with Crippen LogP contribution in [0.2, 0.25) is 5.02 Å². The molecule has 0 radical (unpaired) electrons. The second-order valence-electron chi connectivity index (χ2n) is 4.76. The van der Waals surface area contributed by atoms with Crippen LogP contribution in [0.4, 0.5) is 0 Å². The number of nitrogens with one attached hydrogen (secondary N) is 1. The quantitative estimate of drug-likeness (QED) is 0.933. The van der Waals surface area contributed by atoms with Crippen molar-refractivity contribution in [1.29, 1.82) is 0 Å². The van der Waals surface area contributed by atoms with Gasteiger partial charge in [-0.25, -0.2) is 0 Å². The molecule has 4 heteroatoms. The van der Waals surface area contributed by atoms with Crippen LogP contribution >= 0.6 is 11.6 Å². The van der Waals surface area contributed by atoms with E-state index in [0.717, 1.165) is 33.1 Å². The van der Waals surface area contributed by atoms with Gasteiger partial charge in [0.05, 0.1) is 17.4 Å². The fraction of sp³-hybridized carbons (Fsp3) is 0.333. The summed E-state index contributed by atoms with van der Waals surface area (Å²) >= 11 is 6.22. The Labute approximate surface area is 119 Å². The molecule has 0 bridgehead atoms. The van der Waals surface area contributed by atoms with Crippen molar-refractivity contribution >= 4 is 11.6 Å². The van der Waals surface area contributed by atoms with Gasteiger partial charge in [-0.05, 0) is 56.6 Å². The van der Waals surface area contributed by atoms with Crippen LogP contribution < -0.4 is 5.32 Å². The first-order valence-corrected chi connectivity index (χ1v) is 6.65. The van der Waals surface area contributed by atoms with E-state index in [4.69, 9.17) is 11.6 Å². The molecule has 0 amide bonds. The Kier molecular flexibility index (Phi) is 4.17. The van der Waals surface area contributed by atoms with Crippen molar-refractivity contribution in [3.63, 3.8) is 0 Å². The summed E-state index contributed by atoms with van der Waals surface area (Å²) in [5.41, 5.74) is 5.20. The molecule has 1 aromatic heterocycles. The van der Waals surface area contributed by atoms with E-state index >= 15 is 0 Å². The molecule has 1 heterocycles. The van der Waals surface area contributed by atoms with E-state index in [2.05, 4.69) is 27.6 Å². The molecule has 0 saturated heterocycles. The zero-order valence-corrected chi connectivity index (χ0v) is 12.4. The monoisotopic (exact) mass is 275 g/mol. The minimum Gasteiger partial charge on any atom is -0.309 e. The highest BCUT2D eigenvalue weighted by Gasteiger charge is 2.16. The molecule has 0 aliphatic heterocycles. The Morgan fingerprint density at radius 2 is 1.84 bits per heavy atom. The van der Waals surface area contributed by atoms with Gasteiger partial charge >= 0.3 is 0 Å². The van der Waals surface area contributed by atoms with Gasteiger partial charge in [0.25, 0.3) is 0 Å². The zero-order chi connectivity index (χ0) is 14.0. The fourth-order valence-electron chi connectivity index (χ4n) is 2.15. The molecule has 1 unspecified atom stereocenters. The molecule has 0 spiro atoms. The summed E-state index contributed by atoms with van der Waals surface area (Å²) in [6, 6.07) is 8.29. The molecule has 19 heavy (non-hydrogen) atoms. The third-order valence-electron chi connectivity index (χ3n) is 3.27. The van der Waals surface area contributed by atoms with Crippen LogP contribution in [-0.2, 0) is 0 Å². The normalized spacial score (nSPS) is 12.5. The SMILES string of the molecule is CNC(c1ccc(C)c(Cl)c1)c1cc(C)nnc1C. The van der Waals surface area contributed by atoms with Gasteiger partial charge in [-0.15, -0.1) is 0 Å². The van der Waals surface area contributed by atoms with E-state index < -0.39 is 0 Å². The molecule has 0 saturated carbocycles. The van der Waals surface area contributed by atoms with Crippen LogP contribution in [0.5, 0.6) is 0 Å². The van der Waals surface area contributed by atoms with Crippen molar-refractivity contribution in [1.82, 2.24) is 15.5 Å². The first kappa shape index (κ1) is 14.0. The van der Waals surface area contributed by atoms with Crippen LogP contribution in [0.3, 0.4) is 0 Å². The number of rotatable bonds is 3. The molecule has 100 valence electrons. The number of halogens is 1. The highest BCUT2D eigenvalue weighted by molar-refractivity contribution is 6.31. The molecule has 1 N–H and O–H groups in total. The van der Waals surface area contributed by atoms with E-state index in [9.17, 15) is 0 Å². The molecule has 2 aromatic rings. The number of hydrogen-bond donors (Lipinski definition) is 1. The number of nitrogens with zero attached hydrogens (tertiary/aromatic N) is 2. The van der Waals surface area contributed by atoms with Gasteiger partial charge in [0.15, 0.2) is 0 Å². The van der Waals surface area contributed by atoms with E-state index in [-0.39, 0.29) is 6.04 Å². The van der Waals surface area contributed by atoms with Crippen molar-refractivity contribution in [3.8, 4) is 0 Å². The zero-order valence-electron chi connectivity index (χ0n) is 11.7. The van der Waals surface area contributed by atoms with Crippen LogP contribution in [0.15, 0.2) is 24.3 Å². The maximum absolute atomic E-state index is 6.22. The Morgan fingerprint density at radius 1 is 1.11 bits per heavy atom. The van der Waals surface area contributed by atoms with Gasteiger partial charge in [-0.2, -0.15) is 10.2 Å². The summed E-state index contributed by atoms with van der Waals surface area (Å²) in [5.74, 6) is 0. The van der Waals surface area contributed by atoms with Gasteiger partial charge < -0.3 is 5.32 Å². The number of hydrogen-bond acceptors (Lipinski definition) is 3. The van der Waals surface area contributed by atoms with Crippen molar-refractivity contribution in [2.75, 3.05) is 7.05 Å². The van der Waals surface area contributed by atoms with Gasteiger partial charge in [0.1, 0.15) is 0 Å². The van der Waals surface area contributed by atoms with Crippen molar-refractivity contribution < 1.29 is 0 Å². The first-order chi connectivity index (χ1) is 9.02. The van der Waals surface area contributed by atoms with E-state index in [1.807, 2.05) is 40.0 Å². The molecule has 0 fully saturated rings. The lowest BCUT2D eigenvalue weighted by Gasteiger charge is -2.19. The molecule has 1 aromatic carbocycles. The van der Waals surface area contributed by atoms with Crippen molar-refractivity contribution in [3.05, 3.63) is 57.4 Å². The maximum Gasteiger partial charge on any atom is 0.0651 e. The van der Waals surface area contributed by atoms with Crippen LogP contribution in [-0.4, -0.2) is 17.2 Å². The molecule has 0 aliphatic carbocycles. The summed E-state index contributed by atoms with van der Waals surface area (Å²) in [7, 11) is 1.94. The third kappa shape index (κ3) is 2.94. The van der Waals surface area contributed by atoms with E-state index in [0.29, 0.717) is 0 Å². The van der Waals surface area contributed by atoms with E-state index in [1.54, 1.807) is 0 Å². The first-order valence-electron chi connectivity index (χ1n) is 6.27. The third-order valence-corrected chi connectivity index (χ3v) is 3.68. The van der Waals surface area contributed by atoms with Gasteiger partial charge in [-0.1, -0.05) is 23.7 Å². The summed E-state index contributed by atoms with van der Waals surface area (Å²) in [6.07, 6.45) is 0. The topological polar surface area (TPSA) is 37.8 Å². The molecule has 3 nitrogen and oxygen atoms in total. The molecule has 1 atom stereocenters. The second kappa shape index (κ2) is 5.68. The fourth-order valence-corrected chi connectivity index (χ4v) is 2.34. The number of aromatic nitrogens is 2. The Hall–Kier alpha value is -1.45. The van der Waals surface area contributed by atoms with Crippen LogP contribution in [0.1, 0.15) is 34.1 Å². The van der Waals surface area contributed by atoms with Gasteiger partial charge in [0, 0.05) is 5.02 Å². The summed E-state index contributed by atoms with van der Waals surface area (Å²) in [5, 5.41) is 12.4. The molecular weight excluding hydrogens is 258 g/mol. The smallest absolute Gasteiger partial charge is 0.0651 e. The maximum atomic E-state index is 6.22. The summed E-state index contributed by atoms with van der Waals surface area (Å²) in [4.78, 5) is 0. The highest BCUT2D eigenvalue weighted by atomic mass is 35.5. The predicted octanol–water partition coefficient (Wildman–Crippen LogP) is 3.36. The average molecular weight is 276 g/mol. The summed E-state index contributed by atoms with van der Waals surface area (Å²) in [6.45, 7) is 5.93. The number of aryl methyl sites for hydroxylation is 3. The minimum atomic E-state index is 0.0762.